The van der Waals surface area contributed by atoms with E-state index in [-0.39, 0.29) is 0 Å². The Hall–Kier alpha value is -0.870. The van der Waals surface area contributed by atoms with Crippen LogP contribution in [0, 0.1) is 13.8 Å². The van der Waals surface area contributed by atoms with E-state index in [9.17, 15) is 0 Å². The summed E-state index contributed by atoms with van der Waals surface area (Å²) < 4.78 is 1.97. The molecule has 1 aliphatic rings. The molecule has 17 heavy (non-hydrogen) atoms. The summed E-state index contributed by atoms with van der Waals surface area (Å²) in [5.74, 6) is 0. The van der Waals surface area contributed by atoms with Crippen molar-refractivity contribution in [3.8, 4) is 0 Å². The van der Waals surface area contributed by atoms with Crippen LogP contribution in [0.2, 0.25) is 0 Å². The first kappa shape index (κ1) is 12.6. The van der Waals surface area contributed by atoms with Gasteiger partial charge in [0.2, 0.25) is 0 Å². The first-order valence-electron chi connectivity index (χ1n) is 6.49. The van der Waals surface area contributed by atoms with Crippen LogP contribution in [0.15, 0.2) is 0 Å². The molecule has 1 atom stereocenters. The van der Waals surface area contributed by atoms with E-state index in [4.69, 9.17) is 0 Å². The van der Waals surface area contributed by atoms with Crippen LogP contribution in [0.4, 0.5) is 0 Å². The van der Waals surface area contributed by atoms with Crippen molar-refractivity contribution in [1.82, 2.24) is 20.0 Å². The maximum atomic E-state index is 4.46. The van der Waals surface area contributed by atoms with Gasteiger partial charge in [-0.05, 0) is 40.3 Å². The first-order valence-corrected chi connectivity index (χ1v) is 6.49. The number of nitrogens with one attached hydrogen (secondary N) is 1. The Morgan fingerprint density at radius 1 is 1.35 bits per heavy atom. The van der Waals surface area contributed by atoms with Crippen molar-refractivity contribution in [2.24, 2.45) is 7.05 Å². The molecule has 1 aromatic rings. The zero-order valence-electron chi connectivity index (χ0n) is 11.5. The predicted octanol–water partition coefficient (Wildman–Crippen LogP) is 1.22. The number of piperidine rings is 1. The van der Waals surface area contributed by atoms with E-state index in [0.29, 0.717) is 6.04 Å². The summed E-state index contributed by atoms with van der Waals surface area (Å²) in [6.07, 6.45) is 2.60. The number of hydrogen-bond donors (Lipinski definition) is 1. The van der Waals surface area contributed by atoms with Gasteiger partial charge in [0, 0.05) is 37.4 Å². The van der Waals surface area contributed by atoms with Crippen molar-refractivity contribution in [2.75, 3.05) is 20.1 Å². The molecular formula is C13H24N4. The molecule has 4 nitrogen and oxygen atoms in total. The minimum absolute atomic E-state index is 0.632. The maximum Gasteiger partial charge on any atom is 0.0641 e. The fourth-order valence-electron chi connectivity index (χ4n) is 2.65. The minimum atomic E-state index is 0.632. The maximum absolute atomic E-state index is 4.46. The number of hydrogen-bond acceptors (Lipinski definition) is 3. The van der Waals surface area contributed by atoms with Gasteiger partial charge in [0.15, 0.2) is 0 Å². The lowest BCUT2D eigenvalue weighted by atomic mass is 10.1. The van der Waals surface area contributed by atoms with Crippen LogP contribution in [-0.4, -0.2) is 40.9 Å². The smallest absolute Gasteiger partial charge is 0.0641 e. The highest BCUT2D eigenvalue weighted by molar-refractivity contribution is 5.24. The molecule has 0 aromatic carbocycles. The van der Waals surface area contributed by atoms with E-state index in [1.807, 2.05) is 11.7 Å². The van der Waals surface area contributed by atoms with E-state index >= 15 is 0 Å². The molecule has 1 aromatic heterocycles. The van der Waals surface area contributed by atoms with Gasteiger partial charge in [0.05, 0.1) is 5.69 Å². The van der Waals surface area contributed by atoms with Crippen LogP contribution >= 0.6 is 0 Å². The summed E-state index contributed by atoms with van der Waals surface area (Å²) in [4.78, 5) is 2.41. The second-order valence-electron chi connectivity index (χ2n) is 5.26. The zero-order chi connectivity index (χ0) is 12.4. The van der Waals surface area contributed by atoms with Gasteiger partial charge in [-0.15, -0.1) is 0 Å². The number of rotatable bonds is 3. The average molecular weight is 236 g/mol. The van der Waals surface area contributed by atoms with E-state index < -0.39 is 0 Å². The largest absolute Gasteiger partial charge is 0.309 e. The Morgan fingerprint density at radius 3 is 2.71 bits per heavy atom. The van der Waals surface area contributed by atoms with Crippen molar-refractivity contribution in [1.29, 1.82) is 0 Å². The van der Waals surface area contributed by atoms with E-state index in [1.165, 1.54) is 37.2 Å². The SMILES string of the molecule is Cc1nn(C)c(C)c1CNC1CCCN(C)C1. The topological polar surface area (TPSA) is 33.1 Å². The van der Waals surface area contributed by atoms with Gasteiger partial charge in [-0.3, -0.25) is 4.68 Å². The number of likely N-dealkylation sites (tertiary alicyclic amines) is 1. The van der Waals surface area contributed by atoms with E-state index in [2.05, 4.69) is 36.2 Å². The van der Waals surface area contributed by atoms with E-state index in [1.54, 1.807) is 0 Å². The molecule has 1 unspecified atom stereocenters. The fraction of sp³-hybridized carbons (Fsp3) is 0.769. The van der Waals surface area contributed by atoms with Crippen LogP contribution in [0.1, 0.15) is 29.8 Å². The third kappa shape index (κ3) is 2.87. The van der Waals surface area contributed by atoms with Crippen LogP contribution in [-0.2, 0) is 13.6 Å². The van der Waals surface area contributed by atoms with Crippen LogP contribution < -0.4 is 5.32 Å². The number of likely N-dealkylation sites (N-methyl/N-ethyl adjacent to an activating group) is 1. The van der Waals surface area contributed by atoms with E-state index in [0.717, 1.165) is 12.2 Å². The van der Waals surface area contributed by atoms with Gasteiger partial charge >= 0.3 is 0 Å². The molecule has 0 radical (unpaired) electrons. The molecule has 1 fully saturated rings. The highest BCUT2D eigenvalue weighted by atomic mass is 15.3. The second kappa shape index (κ2) is 5.19. The molecule has 0 spiro atoms. The lowest BCUT2D eigenvalue weighted by Gasteiger charge is -2.30. The molecular weight excluding hydrogens is 212 g/mol. The van der Waals surface area contributed by atoms with Gasteiger partial charge in [0.25, 0.3) is 0 Å². The Bertz CT molecular complexity index is 383. The Balaban J connectivity index is 1.93. The number of aryl methyl sites for hydroxylation is 2. The Labute approximate surface area is 104 Å². The summed E-state index contributed by atoms with van der Waals surface area (Å²) in [6.45, 7) is 7.59. The molecule has 1 N–H and O–H groups in total. The zero-order valence-corrected chi connectivity index (χ0v) is 11.5. The molecule has 0 amide bonds. The summed E-state index contributed by atoms with van der Waals surface area (Å²) in [6, 6.07) is 0.632. The third-order valence-corrected chi connectivity index (χ3v) is 3.85. The van der Waals surface area contributed by atoms with Crippen LogP contribution in [0.5, 0.6) is 0 Å². The lowest BCUT2D eigenvalue weighted by molar-refractivity contribution is 0.226. The molecule has 0 saturated carbocycles. The normalized spacial score (nSPS) is 22.0. The Kier molecular flexibility index (Phi) is 3.84. The summed E-state index contributed by atoms with van der Waals surface area (Å²) in [7, 11) is 4.22. The average Bonchev–Trinajstić information content (AvgIpc) is 2.51. The molecule has 1 saturated heterocycles. The standard InChI is InChI=1S/C13H24N4/c1-10-13(11(2)17(4)15-10)8-14-12-6-5-7-16(3)9-12/h12,14H,5-9H2,1-4H3. The Morgan fingerprint density at radius 2 is 2.12 bits per heavy atom. The lowest BCUT2D eigenvalue weighted by Crippen LogP contribution is -2.43. The molecule has 1 aliphatic heterocycles. The quantitative estimate of drug-likeness (QED) is 0.856. The van der Waals surface area contributed by atoms with Gasteiger partial charge in [-0.25, -0.2) is 0 Å². The van der Waals surface area contributed by atoms with Crippen molar-refractivity contribution < 1.29 is 0 Å². The summed E-state index contributed by atoms with van der Waals surface area (Å²) in [5.41, 5.74) is 3.79. The van der Waals surface area contributed by atoms with Gasteiger partial charge in [-0.2, -0.15) is 5.10 Å². The monoisotopic (exact) mass is 236 g/mol. The molecule has 4 heteroatoms. The summed E-state index contributed by atoms with van der Waals surface area (Å²) in [5, 5.41) is 8.12. The first-order chi connectivity index (χ1) is 8.08. The van der Waals surface area contributed by atoms with Crippen molar-refractivity contribution in [2.45, 2.75) is 39.3 Å². The molecule has 96 valence electrons. The van der Waals surface area contributed by atoms with Crippen molar-refractivity contribution in [3.63, 3.8) is 0 Å². The molecule has 0 bridgehead atoms. The number of nitrogens with zero attached hydrogens (tertiary/aromatic N) is 3. The number of aromatic nitrogens is 2. The minimum Gasteiger partial charge on any atom is -0.309 e. The molecule has 0 aliphatic carbocycles. The predicted molar refractivity (Wildman–Crippen MR) is 70.0 cm³/mol. The van der Waals surface area contributed by atoms with Crippen LogP contribution in [0.3, 0.4) is 0 Å². The van der Waals surface area contributed by atoms with Crippen LogP contribution in [0.25, 0.3) is 0 Å². The molecule has 2 heterocycles. The van der Waals surface area contributed by atoms with Gasteiger partial charge < -0.3 is 10.2 Å². The second-order valence-corrected chi connectivity index (χ2v) is 5.26. The van der Waals surface area contributed by atoms with Crippen molar-refractivity contribution >= 4 is 0 Å². The third-order valence-electron chi connectivity index (χ3n) is 3.85. The highest BCUT2D eigenvalue weighted by Gasteiger charge is 2.17. The van der Waals surface area contributed by atoms with Gasteiger partial charge in [-0.1, -0.05) is 0 Å². The molecule has 2 rings (SSSR count). The highest BCUT2D eigenvalue weighted by Crippen LogP contribution is 2.13. The van der Waals surface area contributed by atoms with Gasteiger partial charge in [0.1, 0.15) is 0 Å². The summed E-state index contributed by atoms with van der Waals surface area (Å²) >= 11 is 0. The van der Waals surface area contributed by atoms with Crippen molar-refractivity contribution in [3.05, 3.63) is 17.0 Å². The fourth-order valence-corrected chi connectivity index (χ4v) is 2.65.